The van der Waals surface area contributed by atoms with Gasteiger partial charge in [-0.2, -0.15) is 0 Å². The molecule has 0 aliphatic rings. The van der Waals surface area contributed by atoms with Crippen molar-refractivity contribution in [3.05, 3.63) is 0 Å². The molecule has 0 spiro atoms. The minimum absolute atomic E-state index is 0. The van der Waals surface area contributed by atoms with Gasteiger partial charge in [0.15, 0.2) is 0 Å². The van der Waals surface area contributed by atoms with Gasteiger partial charge in [0.25, 0.3) is 0 Å². The number of hydrogen-bond donors (Lipinski definition) is 11. The fraction of sp³-hybridized carbons (Fsp3) is 0. The topological polar surface area (TPSA) is 561 Å². The summed E-state index contributed by atoms with van der Waals surface area (Å²) in [7, 11) is -8.92. The van der Waals surface area contributed by atoms with Gasteiger partial charge in [-0.15, -0.1) is 0 Å². The Kier molecular flexibility index (Phi) is 595. The van der Waals surface area contributed by atoms with Crippen LogP contribution >= 0.6 is 0 Å². The van der Waals surface area contributed by atoms with Crippen LogP contribution in [0.2, 0.25) is 0 Å². The number of hydrogen-bond acceptors (Lipinski definition) is 12. The summed E-state index contributed by atoms with van der Waals surface area (Å²) in [5.41, 5.74) is 0. The van der Waals surface area contributed by atoms with E-state index in [9.17, 15) is 0 Å². The van der Waals surface area contributed by atoms with E-state index in [4.69, 9.17) is 60.3 Å². The molecule has 0 bridgehead atoms. The van der Waals surface area contributed by atoms with E-state index in [1.165, 1.54) is 0 Å². The third-order valence-electron chi connectivity index (χ3n) is 0. The Labute approximate surface area is 246 Å². The molecular weight excluding hydrogens is 584 g/mol. The van der Waals surface area contributed by atoms with Gasteiger partial charge in [0, 0.05) is 0 Å². The zero-order valence-corrected chi connectivity index (χ0v) is 22.3. The molecule has 0 aliphatic carbocycles. The number of halogens is 1. The molecule has 0 amide bonds. The van der Waals surface area contributed by atoms with Crippen LogP contribution < -0.4 is 110 Å². The van der Waals surface area contributed by atoms with Crippen LogP contribution in [0.15, 0.2) is 0 Å². The van der Waals surface area contributed by atoms with Gasteiger partial charge in [0.05, 0.1) is 0 Å². The quantitative estimate of drug-likeness (QED) is 0.0893. The first-order valence-electron chi connectivity index (χ1n) is 3.08. The minimum Gasteiger partial charge on any atom is -1.00 e. The van der Waals surface area contributed by atoms with Crippen molar-refractivity contribution >= 4 is 29.3 Å². The zero-order valence-electron chi connectivity index (χ0n) is 15.0. The largest absolute Gasteiger partial charge is 1.00 e. The Morgan fingerprint density at radius 2 is 0.379 bits per heavy atom. The molecule has 0 aromatic rings. The standard InChI is InChI=1S/3BH3O3.BH2O3.HI.K.Na.10H2O/c4*2-1(3)4;;;;;;;;;;;;;/h3*2-4H;2-3H;1H;;;10*1H2/q;;;-1;;2*+1;;;;;;;;;;/p-1. The Balaban J connectivity index is -0.00000000384. The van der Waals surface area contributed by atoms with Gasteiger partial charge in [0.1, 0.15) is 0 Å². The second kappa shape index (κ2) is 125. The average Bonchev–Trinajstić information content (AvgIpc) is 1.76. The maximum Gasteiger partial charge on any atom is 1.00 e. The first kappa shape index (κ1) is 138. The van der Waals surface area contributed by atoms with Crippen molar-refractivity contribution in [2.24, 2.45) is 0 Å². The van der Waals surface area contributed by atoms with Crippen LogP contribution in [0.4, 0.5) is 0 Å². The predicted molar refractivity (Wildman–Crippen MR) is 83.6 cm³/mol. The van der Waals surface area contributed by atoms with Crippen LogP contribution in [-0.4, -0.2) is 139 Å². The van der Waals surface area contributed by atoms with E-state index >= 15 is 0 Å². The van der Waals surface area contributed by atoms with E-state index in [0.29, 0.717) is 0 Å². The van der Waals surface area contributed by atoms with Crippen LogP contribution in [-0.2, 0) is 0 Å². The van der Waals surface area contributed by atoms with Gasteiger partial charge in [-0.05, 0) is 0 Å². The van der Waals surface area contributed by atoms with Crippen LogP contribution in [0.5, 0.6) is 0 Å². The summed E-state index contributed by atoms with van der Waals surface area (Å²) < 4.78 is 0. The summed E-state index contributed by atoms with van der Waals surface area (Å²) in [5.74, 6) is 0. The molecule has 0 atom stereocenters. The first-order chi connectivity index (χ1) is 6.93. The summed E-state index contributed by atoms with van der Waals surface area (Å²) >= 11 is 0. The molecule has 0 aliphatic heterocycles. The van der Waals surface area contributed by atoms with Crippen molar-refractivity contribution in [3.8, 4) is 0 Å². The average molecular weight is 615 g/mol. The molecule has 22 nitrogen and oxygen atoms in total. The normalized spacial score (nSPS) is 3.72. The molecule has 0 aromatic carbocycles. The smallest absolute Gasteiger partial charge is 1.00 e. The van der Waals surface area contributed by atoms with Gasteiger partial charge < -0.3 is 139 Å². The van der Waals surface area contributed by atoms with Crippen molar-refractivity contribution in [3.63, 3.8) is 0 Å². The van der Waals surface area contributed by atoms with Crippen LogP contribution in [0, 0.1) is 0 Å². The molecule has 29 heavy (non-hydrogen) atoms. The summed E-state index contributed by atoms with van der Waals surface area (Å²) in [4.78, 5) is 0. The predicted octanol–water partition coefficient (Wildman–Crippen LogP) is -26.1. The minimum atomic E-state index is -2.42. The maximum atomic E-state index is 8.64. The van der Waals surface area contributed by atoms with Crippen LogP contribution in [0.25, 0.3) is 0 Å². The third kappa shape index (κ3) is 3370. The Bertz CT molecular complexity index is 77.8. The molecule has 0 rings (SSSR count). The number of rotatable bonds is 0. The van der Waals surface area contributed by atoms with E-state index < -0.39 is 29.3 Å². The van der Waals surface area contributed by atoms with E-state index in [-0.39, 0.29) is 160 Å². The Morgan fingerprint density at radius 3 is 0.379 bits per heavy atom. The summed E-state index contributed by atoms with van der Waals surface area (Å²) in [6, 6.07) is 0. The Morgan fingerprint density at radius 1 is 0.379 bits per heavy atom. The van der Waals surface area contributed by atoms with Crippen molar-refractivity contribution in [1.82, 2.24) is 0 Å². The summed E-state index contributed by atoms with van der Waals surface area (Å²) in [6.45, 7) is 0. The monoisotopic (exact) mass is 616 g/mol. The van der Waals surface area contributed by atoms with Gasteiger partial charge in [-0.1, -0.05) is 0 Å². The SMILES string of the molecule is O.O.O.O.O.O.O.O.O.O.OB(O)O.OB(O)O.OB(O)O.[I-].[K+].[Na+].[O-]B(O)O. The molecule has 184 valence electrons. The molecule has 0 unspecified atom stereocenters. The van der Waals surface area contributed by atoms with E-state index in [1.54, 1.807) is 0 Å². The van der Waals surface area contributed by atoms with Gasteiger partial charge in [-0.25, -0.2) is 0 Å². The molecule has 0 heterocycles. The second-order valence-electron chi connectivity index (χ2n) is 1.37. The summed E-state index contributed by atoms with van der Waals surface area (Å²) in [5, 5.41) is 87.2. The van der Waals surface area contributed by atoms with Gasteiger partial charge in [0.2, 0.25) is 0 Å². The fourth-order valence-corrected chi connectivity index (χ4v) is 0. The molecule has 0 saturated carbocycles. The van der Waals surface area contributed by atoms with Crippen LogP contribution in [0.1, 0.15) is 0 Å². The second-order valence-corrected chi connectivity index (χ2v) is 1.37. The van der Waals surface area contributed by atoms with Crippen molar-refractivity contribution < 1.29 is 220 Å². The summed E-state index contributed by atoms with van der Waals surface area (Å²) in [6.07, 6.45) is 0. The van der Waals surface area contributed by atoms with E-state index in [0.717, 1.165) is 0 Å². The zero-order chi connectivity index (χ0) is 14.3. The van der Waals surface area contributed by atoms with Gasteiger partial charge in [-0.3, -0.25) is 0 Å². The van der Waals surface area contributed by atoms with Crippen molar-refractivity contribution in [2.45, 2.75) is 0 Å². The van der Waals surface area contributed by atoms with E-state index in [1.807, 2.05) is 0 Å². The molecule has 31 N–H and O–H groups in total. The molecule has 0 radical (unpaired) electrons. The molecular formula is H31B4IKNaO22. The Hall–Kier alpha value is 2.75. The molecule has 0 aromatic heterocycles. The maximum absolute atomic E-state index is 8.64. The van der Waals surface area contributed by atoms with Crippen molar-refractivity contribution in [2.75, 3.05) is 0 Å². The molecule has 0 fully saturated rings. The molecule has 29 heteroatoms. The third-order valence-corrected chi connectivity index (χ3v) is 0. The fourth-order valence-electron chi connectivity index (χ4n) is 0. The van der Waals surface area contributed by atoms with E-state index in [2.05, 4.69) is 0 Å². The van der Waals surface area contributed by atoms with Gasteiger partial charge >= 0.3 is 110 Å². The van der Waals surface area contributed by atoms with Crippen molar-refractivity contribution in [1.29, 1.82) is 0 Å². The van der Waals surface area contributed by atoms with Crippen LogP contribution in [0.3, 0.4) is 0 Å². The first-order valence-corrected chi connectivity index (χ1v) is 3.08. The molecule has 0 saturated heterocycles.